The first-order chi connectivity index (χ1) is 12.7. The van der Waals surface area contributed by atoms with Gasteiger partial charge in [-0.3, -0.25) is 9.79 Å². The zero-order chi connectivity index (χ0) is 17.7. The van der Waals surface area contributed by atoms with Gasteiger partial charge in [0, 0.05) is 38.3 Å². The van der Waals surface area contributed by atoms with E-state index in [0.717, 1.165) is 37.5 Å². The van der Waals surface area contributed by atoms with Crippen LogP contribution in [-0.4, -0.2) is 28.1 Å². The highest BCUT2D eigenvalue weighted by Crippen LogP contribution is 2.26. The standard InChI is InChI=1S/C20H15BrN4O/c21-12-6-5-11-7-17(24-16(11)8-12)18-10-23-19(20(26)25-18)14-9-22-15-4-2-1-3-13(14)15/h1-9,18,22,24H,10H2,(H,25,26)/t18-/m1/s1. The van der Waals surface area contributed by atoms with Gasteiger partial charge in [0.05, 0.1) is 12.6 Å². The number of amides is 1. The Morgan fingerprint density at radius 1 is 1.08 bits per heavy atom. The monoisotopic (exact) mass is 406 g/mol. The fourth-order valence-corrected chi connectivity index (χ4v) is 3.85. The summed E-state index contributed by atoms with van der Waals surface area (Å²) in [6, 6.07) is 15.9. The number of fused-ring (bicyclic) bond motifs is 2. The molecule has 5 rings (SSSR count). The third-order valence-electron chi connectivity index (χ3n) is 4.78. The molecule has 4 aromatic rings. The van der Waals surface area contributed by atoms with E-state index < -0.39 is 0 Å². The number of aliphatic imine (C=N–C) groups is 1. The highest BCUT2D eigenvalue weighted by molar-refractivity contribution is 9.10. The summed E-state index contributed by atoms with van der Waals surface area (Å²) in [6.45, 7) is 0.509. The van der Waals surface area contributed by atoms with Crippen molar-refractivity contribution in [2.24, 2.45) is 4.99 Å². The Balaban J connectivity index is 1.49. The Kier molecular flexibility index (Phi) is 3.46. The molecular weight excluding hydrogens is 392 g/mol. The molecule has 1 aliphatic heterocycles. The first kappa shape index (κ1) is 15.4. The number of nitrogens with one attached hydrogen (secondary N) is 3. The van der Waals surface area contributed by atoms with Crippen molar-refractivity contribution < 1.29 is 4.79 Å². The van der Waals surface area contributed by atoms with E-state index in [9.17, 15) is 4.79 Å². The van der Waals surface area contributed by atoms with Crippen molar-refractivity contribution >= 4 is 49.4 Å². The summed E-state index contributed by atoms with van der Waals surface area (Å²) in [5.74, 6) is -0.147. The van der Waals surface area contributed by atoms with Crippen molar-refractivity contribution in [1.29, 1.82) is 0 Å². The third kappa shape index (κ3) is 2.45. The molecule has 0 spiro atoms. The zero-order valence-corrected chi connectivity index (χ0v) is 15.3. The number of rotatable bonds is 2. The molecule has 0 bridgehead atoms. The lowest BCUT2D eigenvalue weighted by Crippen LogP contribution is -2.40. The van der Waals surface area contributed by atoms with Crippen LogP contribution in [-0.2, 0) is 4.79 Å². The van der Waals surface area contributed by atoms with Crippen LogP contribution in [0.3, 0.4) is 0 Å². The van der Waals surface area contributed by atoms with E-state index in [0.29, 0.717) is 12.3 Å². The van der Waals surface area contributed by atoms with Gasteiger partial charge in [-0.2, -0.15) is 0 Å². The van der Waals surface area contributed by atoms with Crippen LogP contribution < -0.4 is 5.32 Å². The smallest absolute Gasteiger partial charge is 0.270 e. The Bertz CT molecular complexity index is 1190. The van der Waals surface area contributed by atoms with E-state index >= 15 is 0 Å². The number of hydrogen-bond acceptors (Lipinski definition) is 2. The molecule has 128 valence electrons. The predicted molar refractivity (Wildman–Crippen MR) is 107 cm³/mol. The van der Waals surface area contributed by atoms with Gasteiger partial charge in [-0.25, -0.2) is 0 Å². The molecule has 1 aliphatic rings. The minimum Gasteiger partial charge on any atom is -0.360 e. The summed E-state index contributed by atoms with van der Waals surface area (Å²) < 4.78 is 1.02. The van der Waals surface area contributed by atoms with Crippen LogP contribution in [0.2, 0.25) is 0 Å². The summed E-state index contributed by atoms with van der Waals surface area (Å²) in [7, 11) is 0. The number of aromatic amines is 2. The van der Waals surface area contributed by atoms with Gasteiger partial charge in [-0.05, 0) is 29.7 Å². The number of carbonyl (C=O) groups excluding carboxylic acids is 1. The highest BCUT2D eigenvalue weighted by atomic mass is 79.9. The maximum atomic E-state index is 12.7. The van der Waals surface area contributed by atoms with Crippen LogP contribution >= 0.6 is 15.9 Å². The van der Waals surface area contributed by atoms with Crippen LogP contribution in [0.1, 0.15) is 17.3 Å². The van der Waals surface area contributed by atoms with Gasteiger partial charge in [-0.15, -0.1) is 0 Å². The van der Waals surface area contributed by atoms with Crippen molar-refractivity contribution in [2.45, 2.75) is 6.04 Å². The number of aromatic nitrogens is 2. The first-order valence-corrected chi connectivity index (χ1v) is 9.18. The molecule has 6 heteroatoms. The molecule has 0 saturated carbocycles. The number of benzene rings is 2. The minimum atomic E-state index is -0.150. The van der Waals surface area contributed by atoms with Crippen LogP contribution in [0.25, 0.3) is 21.8 Å². The second-order valence-corrected chi connectivity index (χ2v) is 7.34. The van der Waals surface area contributed by atoms with Crippen LogP contribution in [0.5, 0.6) is 0 Å². The molecule has 0 fully saturated rings. The van der Waals surface area contributed by atoms with Gasteiger partial charge in [0.25, 0.3) is 5.91 Å². The molecule has 2 aromatic carbocycles. The molecule has 0 radical (unpaired) electrons. The lowest BCUT2D eigenvalue weighted by Gasteiger charge is -2.21. The molecule has 26 heavy (non-hydrogen) atoms. The fourth-order valence-electron chi connectivity index (χ4n) is 3.49. The molecule has 0 unspecified atom stereocenters. The van der Waals surface area contributed by atoms with Crippen LogP contribution in [0.15, 0.2) is 64.2 Å². The van der Waals surface area contributed by atoms with E-state index in [1.165, 1.54) is 0 Å². The topological polar surface area (TPSA) is 73.0 Å². The van der Waals surface area contributed by atoms with Gasteiger partial charge in [0.1, 0.15) is 5.71 Å². The first-order valence-electron chi connectivity index (χ1n) is 8.39. The molecule has 3 heterocycles. The lowest BCUT2D eigenvalue weighted by molar-refractivity contribution is -0.115. The molecular formula is C20H15BrN4O. The SMILES string of the molecule is O=C1N[C@@H](c2cc3ccc(Br)cc3[nH]2)CN=C1c1c[nH]c2ccccc12. The Morgan fingerprint density at radius 2 is 1.96 bits per heavy atom. The van der Waals surface area contributed by atoms with E-state index in [1.54, 1.807) is 0 Å². The Morgan fingerprint density at radius 3 is 2.85 bits per heavy atom. The summed E-state index contributed by atoms with van der Waals surface area (Å²) in [5.41, 5.74) is 4.33. The number of nitrogens with zero attached hydrogens (tertiary/aromatic N) is 1. The second-order valence-electron chi connectivity index (χ2n) is 6.42. The van der Waals surface area contributed by atoms with Crippen molar-refractivity contribution in [3.05, 3.63) is 70.5 Å². The van der Waals surface area contributed by atoms with Gasteiger partial charge >= 0.3 is 0 Å². The van der Waals surface area contributed by atoms with Crippen LogP contribution in [0, 0.1) is 0 Å². The van der Waals surface area contributed by atoms with Crippen molar-refractivity contribution in [3.63, 3.8) is 0 Å². The van der Waals surface area contributed by atoms with Crippen molar-refractivity contribution in [1.82, 2.24) is 15.3 Å². The second kappa shape index (κ2) is 5.85. The minimum absolute atomic E-state index is 0.147. The lowest BCUT2D eigenvalue weighted by atomic mass is 10.0. The van der Waals surface area contributed by atoms with Crippen LogP contribution in [0.4, 0.5) is 0 Å². The van der Waals surface area contributed by atoms with Crippen molar-refractivity contribution in [3.8, 4) is 0 Å². The van der Waals surface area contributed by atoms with Gasteiger partial charge in [-0.1, -0.05) is 40.2 Å². The number of halogens is 1. The van der Waals surface area contributed by atoms with E-state index in [-0.39, 0.29) is 11.9 Å². The van der Waals surface area contributed by atoms with E-state index in [4.69, 9.17) is 0 Å². The number of H-pyrrole nitrogens is 2. The Labute approximate surface area is 157 Å². The van der Waals surface area contributed by atoms with E-state index in [2.05, 4.69) is 42.3 Å². The summed E-state index contributed by atoms with van der Waals surface area (Å²) in [6.07, 6.45) is 1.85. The van der Waals surface area contributed by atoms with Gasteiger partial charge in [0.15, 0.2) is 0 Å². The molecule has 0 aliphatic carbocycles. The Hall–Kier alpha value is -2.86. The fraction of sp³-hybridized carbons (Fsp3) is 0.100. The molecule has 5 nitrogen and oxygen atoms in total. The zero-order valence-electron chi connectivity index (χ0n) is 13.7. The summed E-state index contributed by atoms with van der Waals surface area (Å²) >= 11 is 3.48. The summed E-state index contributed by atoms with van der Waals surface area (Å²) in [5, 5.41) is 5.21. The maximum absolute atomic E-state index is 12.7. The largest absolute Gasteiger partial charge is 0.360 e. The number of carbonyl (C=O) groups is 1. The molecule has 1 amide bonds. The molecule has 1 atom stereocenters. The normalized spacial score (nSPS) is 17.5. The average Bonchev–Trinajstić information content (AvgIpc) is 3.25. The van der Waals surface area contributed by atoms with Gasteiger partial charge in [0.2, 0.25) is 0 Å². The van der Waals surface area contributed by atoms with Gasteiger partial charge < -0.3 is 15.3 Å². The molecule has 2 aromatic heterocycles. The maximum Gasteiger partial charge on any atom is 0.270 e. The van der Waals surface area contributed by atoms with Crippen molar-refractivity contribution in [2.75, 3.05) is 6.54 Å². The summed E-state index contributed by atoms with van der Waals surface area (Å²) in [4.78, 5) is 23.9. The third-order valence-corrected chi connectivity index (χ3v) is 5.27. The molecule has 0 saturated heterocycles. The molecule has 3 N–H and O–H groups in total. The van der Waals surface area contributed by atoms with E-state index in [1.807, 2.05) is 48.7 Å². The number of para-hydroxylation sites is 1. The predicted octanol–water partition coefficient (Wildman–Crippen LogP) is 4.07. The average molecular weight is 407 g/mol. The quantitative estimate of drug-likeness (QED) is 0.461. The highest BCUT2D eigenvalue weighted by Gasteiger charge is 2.27. The number of hydrogen-bond donors (Lipinski definition) is 3.